The third kappa shape index (κ3) is 8.17. The molecule has 0 aromatic carbocycles. The second-order valence-corrected chi connectivity index (χ2v) is 14.6. The average molecular weight is 750 g/mol. The molecule has 1 amide bonds. The number of carbonyl (C=O) groups excluding carboxylic acids is 1. The maximum atomic E-state index is 12.6. The molecule has 48 heavy (non-hydrogen) atoms. The van der Waals surface area contributed by atoms with Crippen LogP contribution in [0.3, 0.4) is 0 Å². The van der Waals surface area contributed by atoms with Gasteiger partial charge in [-0.05, 0) is 6.42 Å². The highest BCUT2D eigenvalue weighted by Crippen LogP contribution is 2.61. The van der Waals surface area contributed by atoms with Crippen molar-refractivity contribution in [3.8, 4) is 0 Å². The van der Waals surface area contributed by atoms with Crippen LogP contribution in [-0.4, -0.2) is 121 Å². The molecule has 2 aromatic rings. The number of nitrogens with two attached hydrogens (primary N) is 2. The van der Waals surface area contributed by atoms with Crippen molar-refractivity contribution in [1.82, 2.24) is 24.4 Å². The van der Waals surface area contributed by atoms with E-state index in [-0.39, 0.29) is 29.0 Å². The Morgan fingerprint density at radius 3 is 2.19 bits per heavy atom. The molecule has 5 heterocycles. The van der Waals surface area contributed by atoms with Crippen LogP contribution in [0.15, 0.2) is 36.7 Å². The van der Waals surface area contributed by atoms with Crippen LogP contribution >= 0.6 is 23.5 Å². The summed E-state index contributed by atoms with van der Waals surface area (Å²) < 4.78 is 67.2. The summed E-state index contributed by atoms with van der Waals surface area (Å²) in [4.78, 5) is 63.4. The van der Waals surface area contributed by atoms with Gasteiger partial charge in [-0.15, -0.1) is 0 Å². The topological polar surface area (TPSA) is 364 Å². The Hall–Kier alpha value is -2.73. The normalized spacial score (nSPS) is 31.9. The number of carbonyl (C=O) groups is 1. The highest BCUT2D eigenvalue weighted by molar-refractivity contribution is 7.61. The van der Waals surface area contributed by atoms with E-state index in [0.717, 1.165) is 17.2 Å². The Morgan fingerprint density at radius 1 is 0.938 bits per heavy atom. The van der Waals surface area contributed by atoms with Gasteiger partial charge in [-0.3, -0.25) is 22.9 Å². The minimum atomic E-state index is -5.52. The molecule has 5 rings (SSSR count). The highest BCUT2D eigenvalue weighted by Gasteiger charge is 2.51. The number of ether oxygens (including phenoxy) is 2. The second kappa shape index (κ2) is 13.9. The second-order valence-electron chi connectivity index (χ2n) is 10.4. The predicted octanol–water partition coefficient (Wildman–Crippen LogP) is -2.57. The smallest absolute Gasteiger partial charge is 0.387 e. The van der Waals surface area contributed by atoms with E-state index in [1.54, 1.807) is 0 Å². The monoisotopic (exact) mass is 750 g/mol. The van der Waals surface area contributed by atoms with Gasteiger partial charge in [0, 0.05) is 18.0 Å². The molecule has 0 saturated carbocycles. The number of imidazole rings is 1. The maximum Gasteiger partial charge on any atom is 0.481 e. The zero-order valence-electron chi connectivity index (χ0n) is 24.1. The summed E-state index contributed by atoms with van der Waals surface area (Å²) >= 11 is 0. The van der Waals surface area contributed by atoms with Gasteiger partial charge in [0.2, 0.25) is 5.91 Å². The number of hydrogen-bond donors (Lipinski definition) is 9. The van der Waals surface area contributed by atoms with E-state index in [9.17, 15) is 53.4 Å². The molecule has 2 unspecified atom stereocenters. The van der Waals surface area contributed by atoms with Gasteiger partial charge < -0.3 is 60.7 Å². The van der Waals surface area contributed by atoms with Crippen molar-refractivity contribution in [3.05, 3.63) is 36.7 Å². The molecule has 10 atom stereocenters. The van der Waals surface area contributed by atoms with E-state index in [1.807, 2.05) is 0 Å². The van der Waals surface area contributed by atoms with Crippen molar-refractivity contribution in [1.29, 1.82) is 0 Å². The van der Waals surface area contributed by atoms with E-state index in [1.165, 1.54) is 23.4 Å². The van der Waals surface area contributed by atoms with Crippen molar-refractivity contribution in [2.75, 3.05) is 18.9 Å². The minimum Gasteiger partial charge on any atom is -0.387 e. The number of hydrogen-bond acceptors (Lipinski definition) is 18. The molecule has 3 aliphatic rings. The molecule has 24 nitrogen and oxygen atoms in total. The Morgan fingerprint density at radius 2 is 1.56 bits per heavy atom. The quantitative estimate of drug-likeness (QED) is 0.0750. The van der Waals surface area contributed by atoms with E-state index < -0.39 is 91.7 Å². The van der Waals surface area contributed by atoms with Gasteiger partial charge in [-0.2, -0.15) is 4.31 Å². The van der Waals surface area contributed by atoms with Crippen LogP contribution in [0.2, 0.25) is 0 Å². The van der Waals surface area contributed by atoms with E-state index in [2.05, 4.69) is 23.8 Å². The van der Waals surface area contributed by atoms with Crippen LogP contribution in [0, 0.1) is 0 Å². The molecule has 266 valence electrons. The van der Waals surface area contributed by atoms with Gasteiger partial charge >= 0.3 is 23.5 Å². The third-order valence-corrected chi connectivity index (χ3v) is 10.2. The Balaban J connectivity index is 1.20. The number of aliphatic hydroxyl groups excluding tert-OH is 3. The van der Waals surface area contributed by atoms with Crippen molar-refractivity contribution in [3.63, 3.8) is 0 Å². The summed E-state index contributed by atoms with van der Waals surface area (Å²) in [6, 6.07) is 0. The molecule has 2 fully saturated rings. The van der Waals surface area contributed by atoms with Gasteiger partial charge in [0.05, 0.1) is 19.5 Å². The fourth-order valence-corrected chi connectivity index (χ4v) is 7.57. The number of fused-ring (bicyclic) bond motifs is 1. The number of aliphatic hydroxyl groups is 3. The highest BCUT2D eigenvalue weighted by atomic mass is 31.3. The fraction of sp³-hybridized carbons (Fsp3) is 0.524. The van der Waals surface area contributed by atoms with Crippen molar-refractivity contribution in [2.45, 2.75) is 55.5 Å². The molecule has 0 bridgehead atoms. The van der Waals surface area contributed by atoms with E-state index >= 15 is 0 Å². The zero-order chi connectivity index (χ0) is 35.2. The van der Waals surface area contributed by atoms with Crippen LogP contribution in [0.5, 0.6) is 0 Å². The largest absolute Gasteiger partial charge is 0.481 e. The number of phosphoric ester groups is 3. The molecule has 3 aliphatic heterocycles. The summed E-state index contributed by atoms with van der Waals surface area (Å²) in [5, 5.41) is 31.5. The van der Waals surface area contributed by atoms with Crippen LogP contribution in [-0.2, 0) is 45.8 Å². The van der Waals surface area contributed by atoms with Crippen LogP contribution in [0.1, 0.15) is 12.6 Å². The van der Waals surface area contributed by atoms with Gasteiger partial charge in [-0.1, -0.05) is 6.08 Å². The Kier molecular flexibility index (Phi) is 10.6. The SMILES string of the molecule is NC(=O)C1=CN([13C@@H]2O[13C@H]([13CH2]OP(=O)(O)OP(=O)(O)OC[C@H]3O[C@@H](n4cnc5c(N)ncnc54)[C@H](OP(=O)(O)O)[C@@H]3O)[13C@@H](O)[13C@H]2O)C=CC1. The number of anilines is 1. The molecule has 2 saturated heterocycles. The molecule has 27 heteroatoms. The Bertz CT molecular complexity index is 1740. The van der Waals surface area contributed by atoms with Crippen molar-refractivity contribution in [2.24, 2.45) is 5.73 Å². The van der Waals surface area contributed by atoms with Gasteiger partial charge in [0.1, 0.15) is 48.5 Å². The lowest BCUT2D eigenvalue weighted by Crippen LogP contribution is -2.40. The number of rotatable bonds is 13. The average Bonchev–Trinajstić information content (AvgIpc) is 3.64. The first kappa shape index (κ1) is 36.5. The first-order valence-corrected chi connectivity index (χ1v) is 18.0. The number of aromatic nitrogens is 4. The summed E-state index contributed by atoms with van der Waals surface area (Å²) in [5.41, 5.74) is 11.3. The Labute approximate surface area is 268 Å². The van der Waals surface area contributed by atoms with Crippen LogP contribution in [0.25, 0.3) is 11.2 Å². The van der Waals surface area contributed by atoms with Crippen molar-refractivity contribution < 1.29 is 80.7 Å². The number of nitrogens with zero attached hydrogens (tertiary/aromatic N) is 5. The lowest BCUT2D eigenvalue weighted by molar-refractivity contribution is -0.115. The van der Waals surface area contributed by atoms with E-state index in [4.69, 9.17) is 30.0 Å². The molecule has 11 N–H and O–H groups in total. The molecule has 2 aromatic heterocycles. The number of nitrogen functional groups attached to an aromatic ring is 1. The summed E-state index contributed by atoms with van der Waals surface area (Å²) in [6.07, 6.45) is -6.47. The van der Waals surface area contributed by atoms with Gasteiger partial charge in [0.25, 0.3) is 0 Å². The molecule has 0 spiro atoms. The molecular formula is C21H30N7O17P3. The van der Waals surface area contributed by atoms with Crippen LogP contribution < -0.4 is 11.5 Å². The lowest BCUT2D eigenvalue weighted by atomic mass is 10.1. The first-order chi connectivity index (χ1) is 22.4. The summed E-state index contributed by atoms with van der Waals surface area (Å²) in [7, 11) is -16.3. The van der Waals surface area contributed by atoms with Gasteiger partial charge in [0.15, 0.2) is 23.9 Å². The number of phosphoric acid groups is 3. The third-order valence-electron chi connectivity index (χ3n) is 7.11. The molecule has 0 radical (unpaired) electrons. The number of amides is 1. The summed E-state index contributed by atoms with van der Waals surface area (Å²) in [5.74, 6) is -0.791. The molecule has 0 aliphatic carbocycles. The first-order valence-electron chi connectivity index (χ1n) is 13.5. The van der Waals surface area contributed by atoms with Gasteiger partial charge in [-0.25, -0.2) is 28.6 Å². The number of primary amides is 1. The molecular weight excluding hydrogens is 720 g/mol. The zero-order valence-corrected chi connectivity index (χ0v) is 26.8. The minimum absolute atomic E-state index is 0.00424. The maximum absolute atomic E-state index is 12.6. The lowest BCUT2D eigenvalue weighted by Gasteiger charge is -2.28. The standard InChI is InChI=1S/C21H30N7O17P3/c22-17-12-19(25-7-24-17)28(8-26-12)21-16(44-46(33,34)35)14(30)11(43-21)6-41-48(38,39)45-47(36,37)40-5-10-13(29)15(31)20(42-10)27-3-1-2-9(4-27)18(23)32/h1,3-4,7-8,10-11,13-16,20-21,29-31H,2,5-6H2,(H2,23,32)(H,36,37)(H,38,39)(H2,22,24,25)(H2,33,34,35)/t10-,11-,13-,14-,15-,16-,20-,21-/m1/s1/i5+1,10+1,13+1,15+1,20+1. The van der Waals surface area contributed by atoms with E-state index in [0.29, 0.717) is 0 Å². The van der Waals surface area contributed by atoms with Crippen LogP contribution in [0.4, 0.5) is 5.82 Å². The summed E-state index contributed by atoms with van der Waals surface area (Å²) in [6.45, 7) is -2.02. The number of allylic oxidation sites excluding steroid dienone is 1. The van der Waals surface area contributed by atoms with Crippen molar-refractivity contribution >= 4 is 46.4 Å². The fourth-order valence-electron chi connectivity index (χ4n) is 4.93. The predicted molar refractivity (Wildman–Crippen MR) is 153 cm³/mol.